The Morgan fingerprint density at radius 3 is 2.60 bits per heavy atom. The zero-order valence-corrected chi connectivity index (χ0v) is 25.9. The van der Waals surface area contributed by atoms with Crippen molar-refractivity contribution in [2.75, 3.05) is 31.1 Å². The van der Waals surface area contributed by atoms with Crippen molar-refractivity contribution in [1.29, 1.82) is 0 Å². The van der Waals surface area contributed by atoms with Gasteiger partial charge in [0.1, 0.15) is 40.7 Å². The summed E-state index contributed by atoms with van der Waals surface area (Å²) in [5.74, 6) is -2.73. The monoisotopic (exact) mass is 620 g/mol. The van der Waals surface area contributed by atoms with Crippen molar-refractivity contribution in [3.05, 3.63) is 63.8 Å². The van der Waals surface area contributed by atoms with Crippen LogP contribution in [0.5, 0.6) is 11.5 Å². The molecule has 2 aliphatic heterocycles. The second-order valence-corrected chi connectivity index (χ2v) is 12.6. The van der Waals surface area contributed by atoms with Crippen LogP contribution in [-0.2, 0) is 4.74 Å². The standard InChI is InChI=1S/C32H34F2N6O5/c1-16(2)24-26(17(3)10-11-35-24)40-29-22-27(23(34)25(36-29)21-19(33)8-7-9-20(21)41)44-15-18-14-38(31(43)45-32(4,5)6)12-13-39(18)28(22)37-30(40)42/h7-11,16,18,41H,12-15H2,1-6H3/t18-/m1/s1. The molecule has 0 radical (unpaired) electrons. The van der Waals surface area contributed by atoms with Gasteiger partial charge in [0, 0.05) is 25.8 Å². The van der Waals surface area contributed by atoms with Crippen LogP contribution < -0.4 is 15.3 Å². The van der Waals surface area contributed by atoms with Gasteiger partial charge in [-0.25, -0.2) is 27.9 Å². The highest BCUT2D eigenvalue weighted by molar-refractivity contribution is 5.97. The smallest absolute Gasteiger partial charge is 0.410 e. The Labute approximate surface area is 258 Å². The molecule has 0 saturated carbocycles. The van der Waals surface area contributed by atoms with Gasteiger partial charge in [0.15, 0.2) is 17.2 Å². The van der Waals surface area contributed by atoms with E-state index in [0.29, 0.717) is 16.9 Å². The van der Waals surface area contributed by atoms with E-state index in [1.165, 1.54) is 21.6 Å². The fourth-order valence-corrected chi connectivity index (χ4v) is 5.87. The maximum absolute atomic E-state index is 16.5. The number of aryl methyl sites for hydroxylation is 1. The topological polar surface area (TPSA) is 123 Å². The minimum atomic E-state index is -1.02. The summed E-state index contributed by atoms with van der Waals surface area (Å²) in [4.78, 5) is 43.9. The molecular weight excluding hydrogens is 586 g/mol. The number of anilines is 1. The number of hydrogen-bond donors (Lipinski definition) is 1. The van der Waals surface area contributed by atoms with Crippen LogP contribution in [0.2, 0.25) is 0 Å². The van der Waals surface area contributed by atoms with Crippen LogP contribution in [-0.4, -0.2) is 73.5 Å². The van der Waals surface area contributed by atoms with Crippen LogP contribution in [0.3, 0.4) is 0 Å². The SMILES string of the molecule is Cc1ccnc(C(C)C)c1-n1c(=O)nc2c3c(c(F)c(-c4c(O)cccc4F)nc31)OC[C@H]1CN(C(=O)OC(C)(C)C)CCN21. The van der Waals surface area contributed by atoms with Crippen molar-refractivity contribution >= 4 is 22.9 Å². The van der Waals surface area contributed by atoms with Gasteiger partial charge >= 0.3 is 11.8 Å². The Bertz CT molecular complexity index is 1880. The lowest BCUT2D eigenvalue weighted by molar-refractivity contribution is 0.0201. The molecule has 2 aliphatic rings. The molecule has 1 atom stereocenters. The Hall–Kier alpha value is -4.81. The molecule has 13 heteroatoms. The Balaban J connectivity index is 1.63. The Morgan fingerprint density at radius 1 is 1.16 bits per heavy atom. The number of pyridine rings is 2. The van der Waals surface area contributed by atoms with E-state index in [1.54, 1.807) is 33.0 Å². The fraction of sp³-hybridized carbons (Fsp3) is 0.406. The minimum Gasteiger partial charge on any atom is -0.507 e. The number of hydrogen-bond acceptors (Lipinski definition) is 9. The molecule has 1 amide bonds. The number of piperazine rings is 1. The van der Waals surface area contributed by atoms with Crippen molar-refractivity contribution in [3.63, 3.8) is 0 Å². The Morgan fingerprint density at radius 2 is 1.91 bits per heavy atom. The number of phenolic OH excluding ortho intramolecular Hbond substituents is 1. The average molecular weight is 621 g/mol. The second-order valence-electron chi connectivity index (χ2n) is 12.6. The first-order valence-corrected chi connectivity index (χ1v) is 14.7. The van der Waals surface area contributed by atoms with Crippen molar-refractivity contribution < 1.29 is 28.2 Å². The molecule has 0 bridgehead atoms. The van der Waals surface area contributed by atoms with Gasteiger partial charge in [-0.2, -0.15) is 4.98 Å². The highest BCUT2D eigenvalue weighted by atomic mass is 19.1. The highest BCUT2D eigenvalue weighted by Crippen LogP contribution is 2.44. The van der Waals surface area contributed by atoms with Crippen LogP contribution >= 0.6 is 0 Å². The lowest BCUT2D eigenvalue weighted by Crippen LogP contribution is -2.57. The highest BCUT2D eigenvalue weighted by Gasteiger charge is 2.39. The molecule has 1 aromatic carbocycles. The third-order valence-electron chi connectivity index (χ3n) is 7.88. The van der Waals surface area contributed by atoms with Gasteiger partial charge in [0.25, 0.3) is 0 Å². The number of amides is 1. The van der Waals surface area contributed by atoms with E-state index >= 15 is 8.78 Å². The summed E-state index contributed by atoms with van der Waals surface area (Å²) >= 11 is 0. The molecule has 0 spiro atoms. The third kappa shape index (κ3) is 5.19. The zero-order chi connectivity index (χ0) is 32.4. The molecule has 11 nitrogen and oxygen atoms in total. The number of aromatic hydroxyl groups is 1. The lowest BCUT2D eigenvalue weighted by atomic mass is 10.0. The average Bonchev–Trinajstić information content (AvgIpc) is 3.12. The van der Waals surface area contributed by atoms with Crippen molar-refractivity contribution in [1.82, 2.24) is 24.4 Å². The van der Waals surface area contributed by atoms with Crippen LogP contribution in [0.4, 0.5) is 19.4 Å². The van der Waals surface area contributed by atoms with Crippen LogP contribution in [0.15, 0.2) is 35.3 Å². The van der Waals surface area contributed by atoms with Gasteiger partial charge in [-0.3, -0.25) is 4.98 Å². The molecule has 0 unspecified atom stereocenters. The second kappa shape index (κ2) is 11.0. The number of nitrogens with zero attached hydrogens (tertiary/aromatic N) is 6. The first kappa shape index (κ1) is 30.2. The molecular formula is C32H34F2N6O5. The summed E-state index contributed by atoms with van der Waals surface area (Å²) < 4.78 is 44.7. The maximum Gasteiger partial charge on any atom is 0.410 e. The molecule has 1 N–H and O–H groups in total. The molecule has 0 aliphatic carbocycles. The predicted octanol–water partition coefficient (Wildman–Crippen LogP) is 5.08. The van der Waals surface area contributed by atoms with Gasteiger partial charge in [-0.1, -0.05) is 19.9 Å². The van der Waals surface area contributed by atoms with Crippen molar-refractivity contribution in [2.45, 2.75) is 59.1 Å². The largest absolute Gasteiger partial charge is 0.507 e. The lowest BCUT2D eigenvalue weighted by Gasteiger charge is -2.41. The first-order valence-electron chi connectivity index (χ1n) is 14.7. The van der Waals surface area contributed by atoms with E-state index in [1.807, 2.05) is 25.7 Å². The molecule has 45 heavy (non-hydrogen) atoms. The van der Waals surface area contributed by atoms with E-state index in [2.05, 4.69) is 15.0 Å². The molecule has 1 fully saturated rings. The van der Waals surface area contributed by atoms with E-state index in [0.717, 1.165) is 6.07 Å². The molecule has 1 saturated heterocycles. The normalized spacial score (nSPS) is 16.4. The number of halogens is 2. The van der Waals surface area contributed by atoms with Gasteiger partial charge in [-0.15, -0.1) is 0 Å². The number of benzene rings is 1. The van der Waals surface area contributed by atoms with Crippen molar-refractivity contribution in [2.24, 2.45) is 0 Å². The Kier molecular flexibility index (Phi) is 7.37. The maximum atomic E-state index is 16.5. The van der Waals surface area contributed by atoms with Crippen molar-refractivity contribution in [3.8, 4) is 28.4 Å². The van der Waals surface area contributed by atoms with E-state index in [-0.39, 0.29) is 54.8 Å². The predicted molar refractivity (Wildman–Crippen MR) is 163 cm³/mol. The number of carbonyl (C=O) groups excluding carboxylic acids is 1. The quantitative estimate of drug-likeness (QED) is 0.334. The summed E-state index contributed by atoms with van der Waals surface area (Å²) in [6.07, 6.45) is 1.13. The molecule has 3 aromatic heterocycles. The fourth-order valence-electron chi connectivity index (χ4n) is 5.87. The number of carbonyl (C=O) groups is 1. The molecule has 236 valence electrons. The number of aromatic nitrogens is 4. The zero-order valence-electron chi connectivity index (χ0n) is 25.9. The molecule has 6 rings (SSSR count). The van der Waals surface area contributed by atoms with Gasteiger partial charge in [0.05, 0.1) is 23.0 Å². The third-order valence-corrected chi connectivity index (χ3v) is 7.88. The van der Waals surface area contributed by atoms with E-state index in [4.69, 9.17) is 9.47 Å². The van der Waals surface area contributed by atoms with Gasteiger partial charge < -0.3 is 24.4 Å². The van der Waals surface area contributed by atoms with E-state index < -0.39 is 52.1 Å². The summed E-state index contributed by atoms with van der Waals surface area (Å²) in [6, 6.07) is 4.81. The van der Waals surface area contributed by atoms with Crippen LogP contribution in [0, 0.1) is 18.6 Å². The summed E-state index contributed by atoms with van der Waals surface area (Å²) in [5.41, 5.74) is -0.761. The first-order chi connectivity index (χ1) is 21.3. The minimum absolute atomic E-state index is 0.0349. The summed E-state index contributed by atoms with van der Waals surface area (Å²) in [7, 11) is 0. The molecule has 5 heterocycles. The number of phenols is 1. The van der Waals surface area contributed by atoms with Gasteiger partial charge in [0.2, 0.25) is 0 Å². The number of fused-ring (bicyclic) bond motifs is 2. The summed E-state index contributed by atoms with van der Waals surface area (Å²) in [5, 5.41) is 10.7. The number of ether oxygens (including phenoxy) is 2. The van der Waals surface area contributed by atoms with Gasteiger partial charge in [-0.05, 0) is 57.4 Å². The van der Waals surface area contributed by atoms with E-state index in [9.17, 15) is 14.7 Å². The van der Waals surface area contributed by atoms with Crippen LogP contribution in [0.1, 0.15) is 51.8 Å². The summed E-state index contributed by atoms with van der Waals surface area (Å²) in [6.45, 7) is 11.6. The molecule has 4 aromatic rings. The number of rotatable bonds is 3. The van der Waals surface area contributed by atoms with Crippen LogP contribution in [0.25, 0.3) is 28.0 Å².